The minimum atomic E-state index is -0.559. The fourth-order valence-electron chi connectivity index (χ4n) is 2.79. The number of H-pyrrole nitrogens is 1. The first-order chi connectivity index (χ1) is 11.4. The molecule has 7 nitrogen and oxygen atoms in total. The number of aromatic amines is 1. The van der Waals surface area contributed by atoms with Gasteiger partial charge in [-0.25, -0.2) is 9.78 Å². The van der Waals surface area contributed by atoms with Crippen molar-refractivity contribution in [3.05, 3.63) is 30.1 Å². The Hall–Kier alpha value is -2.57. The topological polar surface area (TPSA) is 79.8 Å². The van der Waals surface area contributed by atoms with E-state index in [0.717, 1.165) is 22.6 Å². The number of nitrogens with zero attached hydrogens (tertiary/aromatic N) is 3. The molecule has 0 saturated carbocycles. The van der Waals surface area contributed by atoms with Crippen molar-refractivity contribution in [2.75, 3.05) is 13.7 Å². The molecule has 24 heavy (non-hydrogen) atoms. The lowest BCUT2D eigenvalue weighted by Gasteiger charge is -2.27. The van der Waals surface area contributed by atoms with Crippen molar-refractivity contribution in [2.45, 2.75) is 38.8 Å². The molecule has 7 heteroatoms. The highest BCUT2D eigenvalue weighted by Gasteiger charge is 2.38. The number of hydrogen-bond donors (Lipinski definition) is 1. The van der Waals surface area contributed by atoms with Gasteiger partial charge >= 0.3 is 6.09 Å². The fourth-order valence-corrected chi connectivity index (χ4v) is 2.79. The maximum atomic E-state index is 12.6. The number of benzene rings is 1. The van der Waals surface area contributed by atoms with Gasteiger partial charge in [0, 0.05) is 6.42 Å². The summed E-state index contributed by atoms with van der Waals surface area (Å²) in [4.78, 5) is 27.0. The first-order valence-electron chi connectivity index (χ1n) is 7.90. The molecular weight excluding hydrogens is 308 g/mol. The maximum Gasteiger partial charge on any atom is 0.411 e. The Balaban J connectivity index is 1.92. The van der Waals surface area contributed by atoms with Crippen molar-refractivity contribution in [2.24, 2.45) is 5.16 Å². The van der Waals surface area contributed by atoms with Crippen LogP contribution >= 0.6 is 0 Å². The quantitative estimate of drug-likeness (QED) is 0.857. The SMILES string of the molecule is CON=C1C[C@@H](c2nc3ccccc3[nH]2)N(C(=O)OC(C)(C)C)C1. The van der Waals surface area contributed by atoms with E-state index in [4.69, 9.17) is 9.57 Å². The lowest BCUT2D eigenvalue weighted by Crippen LogP contribution is -2.37. The number of para-hydroxylation sites is 2. The van der Waals surface area contributed by atoms with Gasteiger partial charge in [-0.15, -0.1) is 0 Å². The normalized spacial score (nSPS) is 19.9. The predicted octanol–water partition coefficient (Wildman–Crippen LogP) is 3.25. The molecule has 2 heterocycles. The van der Waals surface area contributed by atoms with E-state index in [1.165, 1.54) is 7.11 Å². The average Bonchev–Trinajstić information content (AvgIpc) is 3.09. The highest BCUT2D eigenvalue weighted by atomic mass is 16.6. The molecule has 0 radical (unpaired) electrons. The Morgan fingerprint density at radius 3 is 2.79 bits per heavy atom. The van der Waals surface area contributed by atoms with Crippen LogP contribution < -0.4 is 0 Å². The Labute approximate surface area is 140 Å². The second-order valence-electron chi connectivity index (χ2n) is 6.81. The maximum absolute atomic E-state index is 12.6. The largest absolute Gasteiger partial charge is 0.444 e. The van der Waals surface area contributed by atoms with Gasteiger partial charge in [0.05, 0.1) is 29.3 Å². The zero-order chi connectivity index (χ0) is 17.3. The number of aromatic nitrogens is 2. The van der Waals surface area contributed by atoms with E-state index >= 15 is 0 Å². The average molecular weight is 330 g/mol. The second kappa shape index (κ2) is 6.14. The zero-order valence-corrected chi connectivity index (χ0v) is 14.4. The van der Waals surface area contributed by atoms with Gasteiger partial charge in [0.1, 0.15) is 18.5 Å². The van der Waals surface area contributed by atoms with Gasteiger partial charge in [-0.05, 0) is 32.9 Å². The van der Waals surface area contributed by atoms with Crippen molar-refractivity contribution in [1.82, 2.24) is 14.9 Å². The molecule has 1 saturated heterocycles. The number of oxime groups is 1. The van der Waals surface area contributed by atoms with Crippen LogP contribution in [0.4, 0.5) is 4.79 Å². The molecule has 1 amide bonds. The Kier molecular flexibility index (Phi) is 4.17. The van der Waals surface area contributed by atoms with Gasteiger partial charge in [0.15, 0.2) is 0 Å². The molecule has 1 aromatic heterocycles. The third-order valence-corrected chi connectivity index (χ3v) is 3.73. The summed E-state index contributed by atoms with van der Waals surface area (Å²) in [7, 11) is 1.50. The number of hydrogen-bond acceptors (Lipinski definition) is 5. The summed E-state index contributed by atoms with van der Waals surface area (Å²) in [5.74, 6) is 0.725. The third-order valence-electron chi connectivity index (χ3n) is 3.73. The van der Waals surface area contributed by atoms with Crippen LogP contribution in [0.25, 0.3) is 11.0 Å². The molecule has 0 spiro atoms. The molecule has 128 valence electrons. The van der Waals surface area contributed by atoms with Crippen molar-refractivity contribution >= 4 is 22.8 Å². The first-order valence-corrected chi connectivity index (χ1v) is 7.90. The van der Waals surface area contributed by atoms with E-state index in [-0.39, 0.29) is 12.1 Å². The van der Waals surface area contributed by atoms with Crippen LogP contribution in [0.15, 0.2) is 29.4 Å². The van der Waals surface area contributed by atoms with E-state index in [9.17, 15) is 4.79 Å². The van der Waals surface area contributed by atoms with Crippen molar-refractivity contribution in [3.8, 4) is 0 Å². The van der Waals surface area contributed by atoms with Crippen molar-refractivity contribution in [1.29, 1.82) is 0 Å². The zero-order valence-electron chi connectivity index (χ0n) is 14.4. The number of amides is 1. The molecule has 2 aromatic rings. The minimum Gasteiger partial charge on any atom is -0.444 e. The molecule has 1 aromatic carbocycles. The summed E-state index contributed by atoms with van der Waals surface area (Å²) in [6, 6.07) is 7.53. The molecule has 1 aliphatic heterocycles. The van der Waals surface area contributed by atoms with Crippen LogP contribution in [0.3, 0.4) is 0 Å². The number of likely N-dealkylation sites (tertiary alicyclic amines) is 1. The first kappa shape index (κ1) is 16.3. The van der Waals surface area contributed by atoms with E-state index in [1.807, 2.05) is 45.0 Å². The predicted molar refractivity (Wildman–Crippen MR) is 90.8 cm³/mol. The summed E-state index contributed by atoms with van der Waals surface area (Å²) >= 11 is 0. The van der Waals surface area contributed by atoms with Gasteiger partial charge in [0.2, 0.25) is 0 Å². The fraction of sp³-hybridized carbons (Fsp3) is 0.471. The number of carbonyl (C=O) groups is 1. The lowest BCUT2D eigenvalue weighted by atomic mass is 10.2. The summed E-state index contributed by atoms with van der Waals surface area (Å²) in [5, 5.41) is 4.01. The molecule has 3 rings (SSSR count). The van der Waals surface area contributed by atoms with Crippen LogP contribution in [0.5, 0.6) is 0 Å². The number of nitrogens with one attached hydrogen (secondary N) is 1. The molecule has 0 unspecified atom stereocenters. The van der Waals surface area contributed by atoms with E-state index in [2.05, 4.69) is 15.1 Å². The number of rotatable bonds is 2. The van der Waals surface area contributed by atoms with Crippen LogP contribution in [0.2, 0.25) is 0 Å². The molecule has 1 aliphatic rings. The summed E-state index contributed by atoms with van der Waals surface area (Å²) in [6.07, 6.45) is 0.182. The van der Waals surface area contributed by atoms with Crippen LogP contribution in [0, 0.1) is 0 Å². The van der Waals surface area contributed by atoms with E-state index in [0.29, 0.717) is 13.0 Å². The molecule has 1 atom stereocenters. The highest BCUT2D eigenvalue weighted by molar-refractivity contribution is 5.92. The molecule has 1 fully saturated rings. The van der Waals surface area contributed by atoms with Gasteiger partial charge in [-0.1, -0.05) is 17.3 Å². The Morgan fingerprint density at radius 1 is 1.38 bits per heavy atom. The number of carbonyl (C=O) groups excluding carboxylic acids is 1. The standard InChI is InChI=1S/C17H22N4O3/c1-17(2,3)24-16(22)21-10-11(20-23-4)9-14(21)15-18-12-7-5-6-8-13(12)19-15/h5-8,14H,9-10H2,1-4H3,(H,18,19)/t14-/m0/s1. The molecular formula is C17H22N4O3. The summed E-state index contributed by atoms with van der Waals surface area (Å²) in [5.41, 5.74) is 2.03. The number of imidazole rings is 1. The van der Waals surface area contributed by atoms with E-state index in [1.54, 1.807) is 4.90 Å². The molecule has 0 bridgehead atoms. The van der Waals surface area contributed by atoms with E-state index < -0.39 is 5.60 Å². The van der Waals surface area contributed by atoms with Gasteiger partial charge in [-0.3, -0.25) is 4.90 Å². The summed E-state index contributed by atoms with van der Waals surface area (Å²) < 4.78 is 5.52. The smallest absolute Gasteiger partial charge is 0.411 e. The van der Waals surface area contributed by atoms with Gasteiger partial charge in [0.25, 0.3) is 0 Å². The highest BCUT2D eigenvalue weighted by Crippen LogP contribution is 2.31. The van der Waals surface area contributed by atoms with Gasteiger partial charge < -0.3 is 14.6 Å². The monoisotopic (exact) mass is 330 g/mol. The van der Waals surface area contributed by atoms with Gasteiger partial charge in [-0.2, -0.15) is 0 Å². The third kappa shape index (κ3) is 3.34. The Morgan fingerprint density at radius 2 is 2.12 bits per heavy atom. The lowest BCUT2D eigenvalue weighted by molar-refractivity contribution is 0.0224. The minimum absolute atomic E-state index is 0.249. The van der Waals surface area contributed by atoms with Crippen LogP contribution in [-0.2, 0) is 9.57 Å². The van der Waals surface area contributed by atoms with Crippen LogP contribution in [-0.4, -0.2) is 45.9 Å². The second-order valence-corrected chi connectivity index (χ2v) is 6.81. The Bertz CT molecular complexity index is 742. The summed E-state index contributed by atoms with van der Waals surface area (Å²) in [6.45, 7) is 5.91. The molecule has 1 N–H and O–H groups in total. The van der Waals surface area contributed by atoms with Crippen LogP contribution in [0.1, 0.15) is 39.1 Å². The van der Waals surface area contributed by atoms with Crippen molar-refractivity contribution < 1.29 is 14.4 Å². The number of fused-ring (bicyclic) bond motifs is 1. The number of ether oxygens (including phenoxy) is 1. The molecule has 0 aliphatic carbocycles. The van der Waals surface area contributed by atoms with Crippen molar-refractivity contribution in [3.63, 3.8) is 0 Å².